The molecule has 0 radical (unpaired) electrons. The van der Waals surface area contributed by atoms with Crippen LogP contribution in [0.4, 0.5) is 4.79 Å². The number of rotatable bonds is 12. The average molecular weight is 308 g/mol. The van der Waals surface area contributed by atoms with E-state index < -0.39 is 18.0 Å². The number of urea groups is 1. The van der Waals surface area contributed by atoms with Gasteiger partial charge in [0, 0.05) is 26.9 Å². The van der Waals surface area contributed by atoms with Gasteiger partial charge in [-0.3, -0.25) is 0 Å². The summed E-state index contributed by atoms with van der Waals surface area (Å²) in [6.45, 7) is 1.94. The van der Waals surface area contributed by atoms with Crippen molar-refractivity contribution in [3.8, 4) is 0 Å². The zero-order chi connectivity index (χ0) is 15.2. The molecular formula is C12H24N2O5S. The van der Waals surface area contributed by atoms with Crippen LogP contribution in [0.1, 0.15) is 12.8 Å². The average Bonchev–Trinajstić information content (AvgIpc) is 2.42. The maximum atomic E-state index is 11.5. The lowest BCUT2D eigenvalue weighted by atomic mass is 10.2. The third kappa shape index (κ3) is 10.9. The van der Waals surface area contributed by atoms with Crippen molar-refractivity contribution in [2.45, 2.75) is 18.9 Å². The SMILES string of the molecule is COCCCOCCNC(=O)NC(CCSC)C(=O)O. The first-order valence-electron chi connectivity index (χ1n) is 6.44. The monoisotopic (exact) mass is 308 g/mol. The number of hydrogen-bond donors (Lipinski definition) is 3. The van der Waals surface area contributed by atoms with Gasteiger partial charge in [-0.05, 0) is 24.9 Å². The zero-order valence-corrected chi connectivity index (χ0v) is 12.8. The standard InChI is InChI=1S/C12H24N2O5S/c1-18-6-3-7-19-8-5-13-12(17)14-10(11(15)16)4-9-20-2/h10H,3-9H2,1-2H3,(H,15,16)(H2,13,14,17). The number of carboxylic acid groups (broad SMARTS) is 1. The van der Waals surface area contributed by atoms with Gasteiger partial charge >= 0.3 is 12.0 Å². The van der Waals surface area contributed by atoms with Gasteiger partial charge in [-0.25, -0.2) is 9.59 Å². The van der Waals surface area contributed by atoms with Crippen molar-refractivity contribution in [2.24, 2.45) is 0 Å². The summed E-state index contributed by atoms with van der Waals surface area (Å²) in [4.78, 5) is 22.4. The molecule has 0 aromatic carbocycles. The van der Waals surface area contributed by atoms with E-state index in [4.69, 9.17) is 14.6 Å². The van der Waals surface area contributed by atoms with Crippen LogP contribution in [0.5, 0.6) is 0 Å². The molecule has 118 valence electrons. The van der Waals surface area contributed by atoms with E-state index in [1.54, 1.807) is 18.9 Å². The number of ether oxygens (including phenoxy) is 2. The van der Waals surface area contributed by atoms with Crippen molar-refractivity contribution in [1.82, 2.24) is 10.6 Å². The van der Waals surface area contributed by atoms with Crippen LogP contribution in [0.25, 0.3) is 0 Å². The highest BCUT2D eigenvalue weighted by atomic mass is 32.2. The number of carboxylic acids is 1. The molecule has 0 rings (SSSR count). The summed E-state index contributed by atoms with van der Waals surface area (Å²) in [5.41, 5.74) is 0. The van der Waals surface area contributed by atoms with Crippen molar-refractivity contribution in [2.75, 3.05) is 45.5 Å². The van der Waals surface area contributed by atoms with E-state index >= 15 is 0 Å². The smallest absolute Gasteiger partial charge is 0.326 e. The van der Waals surface area contributed by atoms with Crippen molar-refractivity contribution < 1.29 is 24.2 Å². The van der Waals surface area contributed by atoms with E-state index in [2.05, 4.69) is 10.6 Å². The Hall–Kier alpha value is -0.990. The fourth-order valence-electron chi connectivity index (χ4n) is 1.35. The van der Waals surface area contributed by atoms with Crippen LogP contribution in [0.3, 0.4) is 0 Å². The molecule has 1 atom stereocenters. The number of carbonyl (C=O) groups excluding carboxylic acids is 1. The summed E-state index contributed by atoms with van der Waals surface area (Å²) in [6.07, 6.45) is 3.09. The van der Waals surface area contributed by atoms with Crippen LogP contribution >= 0.6 is 11.8 Å². The van der Waals surface area contributed by atoms with Crippen molar-refractivity contribution in [1.29, 1.82) is 0 Å². The normalized spacial score (nSPS) is 11.9. The second-order valence-electron chi connectivity index (χ2n) is 4.03. The van der Waals surface area contributed by atoms with Crippen molar-refractivity contribution >= 4 is 23.8 Å². The van der Waals surface area contributed by atoms with Crippen molar-refractivity contribution in [3.05, 3.63) is 0 Å². The van der Waals surface area contributed by atoms with E-state index in [9.17, 15) is 9.59 Å². The second-order valence-corrected chi connectivity index (χ2v) is 5.02. The lowest BCUT2D eigenvalue weighted by Gasteiger charge is -2.14. The topological polar surface area (TPSA) is 96.9 Å². The van der Waals surface area contributed by atoms with Crippen LogP contribution in [-0.4, -0.2) is 68.6 Å². The Kier molecular flexibility index (Phi) is 12.4. The predicted molar refractivity (Wildman–Crippen MR) is 78.3 cm³/mol. The second kappa shape index (κ2) is 13.0. The van der Waals surface area contributed by atoms with E-state index in [1.807, 2.05) is 6.26 Å². The summed E-state index contributed by atoms with van der Waals surface area (Å²) in [5.74, 6) is -0.343. The molecule has 0 aromatic rings. The molecule has 0 saturated heterocycles. The first-order chi connectivity index (χ1) is 9.61. The fraction of sp³-hybridized carbons (Fsp3) is 0.833. The number of amides is 2. The van der Waals surface area contributed by atoms with Crippen LogP contribution in [-0.2, 0) is 14.3 Å². The van der Waals surface area contributed by atoms with E-state index in [0.29, 0.717) is 38.5 Å². The quantitative estimate of drug-likeness (QED) is 0.455. The molecule has 0 aliphatic rings. The van der Waals surface area contributed by atoms with Crippen LogP contribution in [0.2, 0.25) is 0 Å². The van der Waals surface area contributed by atoms with Gasteiger partial charge in [-0.2, -0.15) is 11.8 Å². The molecule has 20 heavy (non-hydrogen) atoms. The van der Waals surface area contributed by atoms with Gasteiger partial charge in [0.2, 0.25) is 0 Å². The summed E-state index contributed by atoms with van der Waals surface area (Å²) in [5, 5.41) is 13.9. The Morgan fingerprint density at radius 1 is 1.30 bits per heavy atom. The third-order valence-electron chi connectivity index (χ3n) is 2.38. The highest BCUT2D eigenvalue weighted by Gasteiger charge is 2.18. The van der Waals surface area contributed by atoms with E-state index in [0.717, 1.165) is 6.42 Å². The molecule has 0 heterocycles. The molecule has 8 heteroatoms. The Labute approximate surface area is 123 Å². The molecule has 0 fully saturated rings. The Bertz CT molecular complexity index is 279. The van der Waals surface area contributed by atoms with Gasteiger partial charge < -0.3 is 25.2 Å². The number of nitrogens with one attached hydrogen (secondary N) is 2. The number of methoxy groups -OCH3 is 1. The van der Waals surface area contributed by atoms with Gasteiger partial charge in [0.15, 0.2) is 0 Å². The highest BCUT2D eigenvalue weighted by molar-refractivity contribution is 7.98. The van der Waals surface area contributed by atoms with E-state index in [-0.39, 0.29) is 0 Å². The molecule has 1 unspecified atom stereocenters. The Balaban J connectivity index is 3.66. The maximum absolute atomic E-state index is 11.5. The van der Waals surface area contributed by atoms with Gasteiger partial charge in [-0.15, -0.1) is 0 Å². The summed E-state index contributed by atoms with van der Waals surface area (Å²) in [6, 6.07) is -1.34. The first kappa shape index (κ1) is 19.0. The Morgan fingerprint density at radius 3 is 2.65 bits per heavy atom. The lowest BCUT2D eigenvalue weighted by molar-refractivity contribution is -0.139. The molecule has 0 aromatic heterocycles. The number of aliphatic carboxylic acids is 1. The number of thioether (sulfide) groups is 1. The number of carbonyl (C=O) groups is 2. The van der Waals surface area contributed by atoms with Gasteiger partial charge in [0.25, 0.3) is 0 Å². The molecular weight excluding hydrogens is 284 g/mol. The van der Waals surface area contributed by atoms with Gasteiger partial charge in [-0.1, -0.05) is 0 Å². The summed E-state index contributed by atoms with van der Waals surface area (Å²) in [7, 11) is 1.63. The zero-order valence-electron chi connectivity index (χ0n) is 12.0. The Morgan fingerprint density at radius 2 is 2.05 bits per heavy atom. The molecule has 0 spiro atoms. The molecule has 7 nitrogen and oxygen atoms in total. The third-order valence-corrected chi connectivity index (χ3v) is 3.03. The van der Waals surface area contributed by atoms with Crippen LogP contribution in [0, 0.1) is 0 Å². The first-order valence-corrected chi connectivity index (χ1v) is 7.84. The highest BCUT2D eigenvalue weighted by Crippen LogP contribution is 2.00. The van der Waals surface area contributed by atoms with Gasteiger partial charge in [0.05, 0.1) is 6.61 Å². The number of hydrogen-bond acceptors (Lipinski definition) is 5. The molecule has 0 aliphatic heterocycles. The molecule has 0 saturated carbocycles. The van der Waals surface area contributed by atoms with Crippen LogP contribution in [0.15, 0.2) is 0 Å². The summed E-state index contributed by atoms with van der Waals surface area (Å²) >= 11 is 1.54. The molecule has 0 aliphatic carbocycles. The van der Waals surface area contributed by atoms with Crippen LogP contribution < -0.4 is 10.6 Å². The summed E-state index contributed by atoms with van der Waals surface area (Å²) < 4.78 is 10.1. The minimum Gasteiger partial charge on any atom is -0.480 e. The molecule has 0 bridgehead atoms. The maximum Gasteiger partial charge on any atom is 0.326 e. The largest absolute Gasteiger partial charge is 0.480 e. The van der Waals surface area contributed by atoms with Gasteiger partial charge in [0.1, 0.15) is 6.04 Å². The fourth-order valence-corrected chi connectivity index (χ4v) is 1.82. The van der Waals surface area contributed by atoms with E-state index in [1.165, 1.54) is 0 Å². The van der Waals surface area contributed by atoms with Crippen molar-refractivity contribution in [3.63, 3.8) is 0 Å². The lowest BCUT2D eigenvalue weighted by Crippen LogP contribution is -2.47. The minimum atomic E-state index is -1.02. The minimum absolute atomic E-state index is 0.341. The molecule has 2 amide bonds. The predicted octanol–water partition coefficient (Wildman–Crippen LogP) is 0.545. The molecule has 3 N–H and O–H groups in total.